The van der Waals surface area contributed by atoms with E-state index in [1.54, 1.807) is 11.8 Å². The van der Waals surface area contributed by atoms with Crippen LogP contribution in [0.25, 0.3) is 0 Å². The van der Waals surface area contributed by atoms with Crippen LogP contribution >= 0.6 is 0 Å². The molecule has 5 nitrogen and oxygen atoms in total. The summed E-state index contributed by atoms with van der Waals surface area (Å²) >= 11 is 0. The summed E-state index contributed by atoms with van der Waals surface area (Å²) in [5, 5.41) is 12.0. The number of likely N-dealkylation sites (tertiary alicyclic amines) is 1. The van der Waals surface area contributed by atoms with Gasteiger partial charge in [0.05, 0.1) is 6.61 Å². The van der Waals surface area contributed by atoms with Crippen LogP contribution in [0.15, 0.2) is 24.3 Å². The van der Waals surface area contributed by atoms with Crippen LogP contribution in [0, 0.1) is 5.92 Å². The Bertz CT molecular complexity index is 508. The molecule has 0 aliphatic carbocycles. The second kappa shape index (κ2) is 7.22. The van der Waals surface area contributed by atoms with Crippen molar-refractivity contribution in [1.29, 1.82) is 0 Å². The van der Waals surface area contributed by atoms with Gasteiger partial charge in [-0.3, -0.25) is 9.59 Å². The fraction of sp³-hybridized carbons (Fsp3) is 0.500. The first-order chi connectivity index (χ1) is 10.1. The van der Waals surface area contributed by atoms with E-state index >= 15 is 0 Å². The van der Waals surface area contributed by atoms with Crippen LogP contribution in [0.3, 0.4) is 0 Å². The molecule has 1 heterocycles. The molecule has 0 radical (unpaired) electrons. The second-order valence-corrected chi connectivity index (χ2v) is 5.48. The van der Waals surface area contributed by atoms with Gasteiger partial charge in [0.25, 0.3) is 0 Å². The van der Waals surface area contributed by atoms with Crippen LogP contribution in [0.1, 0.15) is 30.9 Å². The van der Waals surface area contributed by atoms with Gasteiger partial charge in [-0.1, -0.05) is 24.3 Å². The number of hydrogen-bond donors (Lipinski definition) is 2. The molecule has 1 saturated heterocycles. The third-order valence-corrected chi connectivity index (χ3v) is 3.95. The zero-order valence-electron chi connectivity index (χ0n) is 12.3. The van der Waals surface area contributed by atoms with Gasteiger partial charge in [-0.2, -0.15) is 0 Å². The summed E-state index contributed by atoms with van der Waals surface area (Å²) in [5.74, 6) is 0.115. The maximum Gasteiger partial charge on any atom is 0.223 e. The highest BCUT2D eigenvalue weighted by Crippen LogP contribution is 2.17. The maximum absolute atomic E-state index is 12.1. The van der Waals surface area contributed by atoms with E-state index in [-0.39, 0.29) is 24.3 Å². The Morgan fingerprint density at radius 1 is 1.29 bits per heavy atom. The van der Waals surface area contributed by atoms with Gasteiger partial charge >= 0.3 is 0 Å². The molecule has 1 aromatic carbocycles. The first-order valence-corrected chi connectivity index (χ1v) is 7.32. The lowest BCUT2D eigenvalue weighted by Crippen LogP contribution is -2.42. The number of rotatable bonds is 4. The molecular formula is C16H22N2O3. The van der Waals surface area contributed by atoms with Gasteiger partial charge in [-0.05, 0) is 24.0 Å². The number of aliphatic hydroxyl groups is 1. The third-order valence-electron chi connectivity index (χ3n) is 3.95. The number of nitrogens with zero attached hydrogens (tertiary/aromatic N) is 1. The molecule has 21 heavy (non-hydrogen) atoms. The van der Waals surface area contributed by atoms with Gasteiger partial charge in [0.15, 0.2) is 0 Å². The largest absolute Gasteiger partial charge is 0.392 e. The summed E-state index contributed by atoms with van der Waals surface area (Å²) in [6.07, 6.45) is 1.45. The highest BCUT2D eigenvalue weighted by molar-refractivity contribution is 5.79. The van der Waals surface area contributed by atoms with Gasteiger partial charge in [0, 0.05) is 32.5 Å². The topological polar surface area (TPSA) is 69.6 Å². The van der Waals surface area contributed by atoms with Gasteiger partial charge in [-0.25, -0.2) is 0 Å². The summed E-state index contributed by atoms with van der Waals surface area (Å²) in [6.45, 7) is 3.36. The molecule has 2 amide bonds. The second-order valence-electron chi connectivity index (χ2n) is 5.48. The van der Waals surface area contributed by atoms with Crippen LogP contribution < -0.4 is 5.32 Å². The van der Waals surface area contributed by atoms with Crippen molar-refractivity contribution in [3.8, 4) is 0 Å². The molecule has 1 fully saturated rings. The smallest absolute Gasteiger partial charge is 0.223 e. The first kappa shape index (κ1) is 15.5. The average Bonchev–Trinajstić information content (AvgIpc) is 2.53. The number of benzene rings is 1. The lowest BCUT2D eigenvalue weighted by atomic mass is 9.96. The number of amides is 2. The Morgan fingerprint density at radius 2 is 1.95 bits per heavy atom. The minimum atomic E-state index is -0.0124. The highest BCUT2D eigenvalue weighted by atomic mass is 16.3. The van der Waals surface area contributed by atoms with E-state index in [9.17, 15) is 9.59 Å². The number of carbonyl (C=O) groups excluding carboxylic acids is 2. The SMILES string of the molecule is CC(=O)N1CCC(C(=O)NCc2cccc(CO)c2)CC1. The Hall–Kier alpha value is -1.88. The predicted molar refractivity (Wildman–Crippen MR) is 79.2 cm³/mol. The zero-order valence-corrected chi connectivity index (χ0v) is 12.3. The van der Waals surface area contributed by atoms with Crippen LogP contribution in [0.5, 0.6) is 0 Å². The molecule has 0 spiro atoms. The standard InChI is InChI=1S/C16H22N2O3/c1-12(20)18-7-5-15(6-8-18)16(21)17-10-13-3-2-4-14(9-13)11-19/h2-4,9,15,19H,5-8,10-11H2,1H3,(H,17,21). The summed E-state index contributed by atoms with van der Waals surface area (Å²) in [6, 6.07) is 7.54. The van der Waals surface area contributed by atoms with Crippen molar-refractivity contribution in [2.24, 2.45) is 5.92 Å². The fourth-order valence-corrected chi connectivity index (χ4v) is 2.63. The third kappa shape index (κ3) is 4.29. The number of carbonyl (C=O) groups is 2. The monoisotopic (exact) mass is 290 g/mol. The van der Waals surface area contributed by atoms with E-state index < -0.39 is 0 Å². The molecule has 1 aromatic rings. The van der Waals surface area contributed by atoms with Crippen LogP contribution in [0.2, 0.25) is 0 Å². The summed E-state index contributed by atoms with van der Waals surface area (Å²) in [4.78, 5) is 25.2. The molecule has 1 aliphatic heterocycles. The minimum absolute atomic E-state index is 0.00525. The van der Waals surface area contributed by atoms with Crippen LogP contribution in [0.4, 0.5) is 0 Å². The molecule has 0 unspecified atom stereocenters. The molecule has 0 aromatic heterocycles. The molecule has 0 bridgehead atoms. The predicted octanol–water partition coefficient (Wildman–Crippen LogP) is 1.05. The maximum atomic E-state index is 12.1. The van der Waals surface area contributed by atoms with Gasteiger partial charge < -0.3 is 15.3 Å². The molecular weight excluding hydrogens is 268 g/mol. The Balaban J connectivity index is 1.81. The minimum Gasteiger partial charge on any atom is -0.392 e. The Kier molecular flexibility index (Phi) is 5.33. The van der Waals surface area contributed by atoms with Gasteiger partial charge in [0.1, 0.15) is 0 Å². The van der Waals surface area contributed by atoms with E-state index in [4.69, 9.17) is 5.11 Å². The van der Waals surface area contributed by atoms with Gasteiger partial charge in [-0.15, -0.1) is 0 Å². The van der Waals surface area contributed by atoms with E-state index in [1.807, 2.05) is 24.3 Å². The molecule has 1 aliphatic rings. The number of aliphatic hydroxyl groups excluding tert-OH is 1. The van der Waals surface area contributed by atoms with Crippen molar-refractivity contribution >= 4 is 11.8 Å². The number of piperidine rings is 1. The molecule has 0 saturated carbocycles. The van der Waals surface area contributed by atoms with E-state index in [1.165, 1.54) is 0 Å². The molecule has 2 N–H and O–H groups in total. The lowest BCUT2D eigenvalue weighted by molar-refractivity contribution is -0.134. The van der Waals surface area contributed by atoms with Gasteiger partial charge in [0.2, 0.25) is 11.8 Å². The van der Waals surface area contributed by atoms with Crippen molar-refractivity contribution in [1.82, 2.24) is 10.2 Å². The fourth-order valence-electron chi connectivity index (χ4n) is 2.63. The molecule has 114 valence electrons. The van der Waals surface area contributed by atoms with Crippen molar-refractivity contribution in [3.05, 3.63) is 35.4 Å². The number of hydrogen-bond acceptors (Lipinski definition) is 3. The Labute approximate surface area is 125 Å². The quantitative estimate of drug-likeness (QED) is 0.871. The summed E-state index contributed by atoms with van der Waals surface area (Å²) in [7, 11) is 0. The molecule has 2 rings (SSSR count). The van der Waals surface area contributed by atoms with E-state index in [2.05, 4.69) is 5.32 Å². The van der Waals surface area contributed by atoms with E-state index in [0.717, 1.165) is 24.0 Å². The van der Waals surface area contributed by atoms with Crippen LogP contribution in [-0.4, -0.2) is 34.9 Å². The zero-order chi connectivity index (χ0) is 15.2. The summed E-state index contributed by atoms with van der Waals surface area (Å²) in [5.41, 5.74) is 1.83. The van der Waals surface area contributed by atoms with Crippen LogP contribution in [-0.2, 0) is 22.7 Å². The first-order valence-electron chi connectivity index (χ1n) is 7.32. The number of nitrogens with one attached hydrogen (secondary N) is 1. The van der Waals surface area contributed by atoms with Crippen molar-refractivity contribution < 1.29 is 14.7 Å². The normalized spacial score (nSPS) is 15.8. The van der Waals surface area contributed by atoms with E-state index in [0.29, 0.717) is 19.6 Å². The van der Waals surface area contributed by atoms with Crippen molar-refractivity contribution in [2.75, 3.05) is 13.1 Å². The van der Waals surface area contributed by atoms with Crippen molar-refractivity contribution in [3.63, 3.8) is 0 Å². The molecule has 0 atom stereocenters. The Morgan fingerprint density at radius 3 is 2.57 bits per heavy atom. The lowest BCUT2D eigenvalue weighted by Gasteiger charge is -2.30. The average molecular weight is 290 g/mol. The van der Waals surface area contributed by atoms with Crippen molar-refractivity contribution in [2.45, 2.75) is 32.9 Å². The summed E-state index contributed by atoms with van der Waals surface area (Å²) < 4.78 is 0. The molecule has 5 heteroatoms. The highest BCUT2D eigenvalue weighted by Gasteiger charge is 2.25.